The molecule has 0 radical (unpaired) electrons. The quantitative estimate of drug-likeness (QED) is 0.779. The summed E-state index contributed by atoms with van der Waals surface area (Å²) in [7, 11) is 0. The minimum atomic E-state index is 0.346. The zero-order chi connectivity index (χ0) is 15.0. The fourth-order valence-electron chi connectivity index (χ4n) is 2.89. The van der Waals surface area contributed by atoms with Gasteiger partial charge in [-0.15, -0.1) is 0 Å². The Bertz CT molecular complexity index is 673. The number of rotatable bonds is 2. The van der Waals surface area contributed by atoms with Crippen molar-refractivity contribution in [1.82, 2.24) is 0 Å². The van der Waals surface area contributed by atoms with Gasteiger partial charge in [0.05, 0.1) is 0 Å². The molecule has 0 bridgehead atoms. The minimum Gasteiger partial charge on any atom is -0.507 e. The second kappa shape index (κ2) is 5.16. The first-order chi connectivity index (χ1) is 9.34. The van der Waals surface area contributed by atoms with Gasteiger partial charge >= 0.3 is 0 Å². The van der Waals surface area contributed by atoms with Crippen molar-refractivity contribution < 1.29 is 5.11 Å². The molecule has 2 aromatic carbocycles. The van der Waals surface area contributed by atoms with Gasteiger partial charge in [0.15, 0.2) is 0 Å². The molecule has 104 valence electrons. The molecule has 0 saturated carbocycles. The maximum atomic E-state index is 10.2. The summed E-state index contributed by atoms with van der Waals surface area (Å²) in [4.78, 5) is 0. The van der Waals surface area contributed by atoms with Gasteiger partial charge in [0.1, 0.15) is 5.75 Å². The second-order valence-electron chi connectivity index (χ2n) is 5.62. The second-order valence-corrected chi connectivity index (χ2v) is 5.62. The third-order valence-electron chi connectivity index (χ3n) is 4.06. The van der Waals surface area contributed by atoms with Crippen LogP contribution < -0.4 is 0 Å². The van der Waals surface area contributed by atoms with E-state index in [1.165, 1.54) is 22.3 Å². The zero-order valence-electron chi connectivity index (χ0n) is 13.0. The molecular formula is C19H22O. The summed E-state index contributed by atoms with van der Waals surface area (Å²) in [5, 5.41) is 10.2. The molecular weight excluding hydrogens is 244 g/mol. The van der Waals surface area contributed by atoms with E-state index in [1.54, 1.807) is 6.07 Å². The summed E-state index contributed by atoms with van der Waals surface area (Å²) in [6.07, 6.45) is 0. The molecule has 0 heterocycles. The molecule has 0 aliphatic carbocycles. The van der Waals surface area contributed by atoms with Crippen LogP contribution in [-0.2, 0) is 0 Å². The van der Waals surface area contributed by atoms with Gasteiger partial charge < -0.3 is 5.11 Å². The highest BCUT2D eigenvalue weighted by molar-refractivity contribution is 5.82. The summed E-state index contributed by atoms with van der Waals surface area (Å²) >= 11 is 0. The van der Waals surface area contributed by atoms with Crippen LogP contribution in [0, 0.1) is 27.7 Å². The lowest BCUT2D eigenvalue weighted by atomic mass is 9.86. The topological polar surface area (TPSA) is 20.2 Å². The fourth-order valence-corrected chi connectivity index (χ4v) is 2.89. The van der Waals surface area contributed by atoms with Crippen LogP contribution >= 0.6 is 0 Å². The van der Waals surface area contributed by atoms with E-state index in [9.17, 15) is 5.11 Å². The number of aryl methyl sites for hydroxylation is 2. The van der Waals surface area contributed by atoms with Crippen LogP contribution in [0.4, 0.5) is 0 Å². The van der Waals surface area contributed by atoms with Crippen molar-refractivity contribution in [3.63, 3.8) is 0 Å². The van der Waals surface area contributed by atoms with Crippen molar-refractivity contribution in [2.75, 3.05) is 0 Å². The van der Waals surface area contributed by atoms with Gasteiger partial charge in [0.25, 0.3) is 0 Å². The van der Waals surface area contributed by atoms with Crippen LogP contribution in [0.25, 0.3) is 16.7 Å². The SMILES string of the molecule is C=C(C)c1cc(C)c(-c2c(C)cccc2O)c(C)c1C. The zero-order valence-corrected chi connectivity index (χ0v) is 13.0. The van der Waals surface area contributed by atoms with E-state index in [-0.39, 0.29) is 0 Å². The molecule has 0 aliphatic heterocycles. The van der Waals surface area contributed by atoms with Crippen molar-refractivity contribution in [2.24, 2.45) is 0 Å². The monoisotopic (exact) mass is 266 g/mol. The van der Waals surface area contributed by atoms with Gasteiger partial charge in [-0.2, -0.15) is 0 Å². The molecule has 0 unspecified atom stereocenters. The van der Waals surface area contributed by atoms with Gasteiger partial charge in [0, 0.05) is 5.56 Å². The van der Waals surface area contributed by atoms with Gasteiger partial charge in [-0.05, 0) is 74.1 Å². The van der Waals surface area contributed by atoms with Crippen molar-refractivity contribution in [3.05, 3.63) is 58.7 Å². The summed E-state index contributed by atoms with van der Waals surface area (Å²) < 4.78 is 0. The minimum absolute atomic E-state index is 0.346. The largest absolute Gasteiger partial charge is 0.507 e. The van der Waals surface area contributed by atoms with E-state index < -0.39 is 0 Å². The molecule has 0 amide bonds. The summed E-state index contributed by atoms with van der Waals surface area (Å²) in [6.45, 7) is 14.5. The highest BCUT2D eigenvalue weighted by Gasteiger charge is 2.16. The van der Waals surface area contributed by atoms with Gasteiger partial charge in [0.2, 0.25) is 0 Å². The molecule has 0 spiro atoms. The summed E-state index contributed by atoms with van der Waals surface area (Å²) in [6, 6.07) is 7.85. The Morgan fingerprint density at radius 2 is 1.60 bits per heavy atom. The van der Waals surface area contributed by atoms with Gasteiger partial charge in [-0.1, -0.05) is 30.4 Å². The third-order valence-corrected chi connectivity index (χ3v) is 4.06. The van der Waals surface area contributed by atoms with Gasteiger partial charge in [-0.25, -0.2) is 0 Å². The third kappa shape index (κ3) is 2.24. The van der Waals surface area contributed by atoms with Gasteiger partial charge in [-0.3, -0.25) is 0 Å². The van der Waals surface area contributed by atoms with E-state index in [2.05, 4.69) is 33.4 Å². The van der Waals surface area contributed by atoms with Crippen LogP contribution in [0.15, 0.2) is 30.8 Å². The first kappa shape index (κ1) is 14.4. The molecule has 0 aliphatic rings. The number of aromatic hydroxyl groups is 1. The Labute approximate surface area is 121 Å². The lowest BCUT2D eigenvalue weighted by Crippen LogP contribution is -1.98. The molecule has 0 atom stereocenters. The van der Waals surface area contributed by atoms with Crippen molar-refractivity contribution in [3.8, 4) is 16.9 Å². The maximum Gasteiger partial charge on any atom is 0.123 e. The molecule has 2 aromatic rings. The van der Waals surface area contributed by atoms with Crippen LogP contribution in [0.3, 0.4) is 0 Å². The Kier molecular flexibility index (Phi) is 3.71. The molecule has 0 aromatic heterocycles. The number of hydrogen-bond acceptors (Lipinski definition) is 1. The Morgan fingerprint density at radius 3 is 2.15 bits per heavy atom. The lowest BCUT2D eigenvalue weighted by Gasteiger charge is -2.19. The Morgan fingerprint density at radius 1 is 0.950 bits per heavy atom. The highest BCUT2D eigenvalue weighted by Crippen LogP contribution is 2.39. The maximum absolute atomic E-state index is 10.2. The van der Waals surface area contributed by atoms with E-state index in [0.717, 1.165) is 22.3 Å². The normalized spacial score (nSPS) is 10.7. The molecule has 0 fully saturated rings. The smallest absolute Gasteiger partial charge is 0.123 e. The Hall–Kier alpha value is -2.02. The number of allylic oxidation sites excluding steroid dienone is 1. The summed E-state index contributed by atoms with van der Waals surface area (Å²) in [5.74, 6) is 0.346. The molecule has 1 N–H and O–H groups in total. The average Bonchev–Trinajstić information content (AvgIpc) is 2.37. The Balaban J connectivity index is 2.83. The standard InChI is InChI=1S/C19H22O/c1-11(2)16-10-13(4)18(15(6)14(16)5)19-12(3)8-7-9-17(19)20/h7-10,20H,1H2,2-6H3. The van der Waals surface area contributed by atoms with E-state index in [4.69, 9.17) is 0 Å². The number of hydrogen-bond donors (Lipinski definition) is 1. The van der Waals surface area contributed by atoms with Crippen molar-refractivity contribution in [2.45, 2.75) is 34.6 Å². The van der Waals surface area contributed by atoms with Crippen LogP contribution in [0.5, 0.6) is 5.75 Å². The number of benzene rings is 2. The first-order valence-electron chi connectivity index (χ1n) is 6.90. The van der Waals surface area contributed by atoms with Crippen molar-refractivity contribution >= 4 is 5.57 Å². The first-order valence-corrected chi connectivity index (χ1v) is 6.90. The lowest BCUT2D eigenvalue weighted by molar-refractivity contribution is 0.477. The molecule has 2 rings (SSSR count). The highest BCUT2D eigenvalue weighted by atomic mass is 16.3. The molecule has 1 heteroatoms. The van der Waals surface area contributed by atoms with E-state index >= 15 is 0 Å². The predicted molar refractivity (Wildman–Crippen MR) is 87.2 cm³/mol. The van der Waals surface area contributed by atoms with E-state index in [0.29, 0.717) is 5.75 Å². The predicted octanol–water partition coefficient (Wildman–Crippen LogP) is 5.33. The molecule has 1 nitrogen and oxygen atoms in total. The average molecular weight is 266 g/mol. The van der Waals surface area contributed by atoms with Crippen LogP contribution in [-0.4, -0.2) is 5.11 Å². The van der Waals surface area contributed by atoms with Crippen molar-refractivity contribution in [1.29, 1.82) is 0 Å². The molecule has 0 saturated heterocycles. The van der Waals surface area contributed by atoms with Crippen LogP contribution in [0.1, 0.15) is 34.7 Å². The summed E-state index contributed by atoms with van der Waals surface area (Å²) in [5.41, 5.74) is 9.09. The number of phenolic OH excluding ortho intramolecular Hbond substituents is 1. The molecule has 20 heavy (non-hydrogen) atoms. The van der Waals surface area contributed by atoms with Crippen LogP contribution in [0.2, 0.25) is 0 Å². The fraction of sp³-hybridized carbons (Fsp3) is 0.263. The number of phenols is 1. The van der Waals surface area contributed by atoms with E-state index in [1.807, 2.05) is 26.0 Å².